The van der Waals surface area contributed by atoms with Gasteiger partial charge in [-0.05, 0) is 30.1 Å². The molecule has 4 nitrogen and oxygen atoms in total. The van der Waals surface area contributed by atoms with Gasteiger partial charge in [-0.3, -0.25) is 9.78 Å². The van der Waals surface area contributed by atoms with Crippen molar-refractivity contribution in [3.63, 3.8) is 0 Å². The number of carboxylic acids is 1. The number of nitrogens with zero attached hydrogens (tertiary/aromatic N) is 1. The molecule has 0 aliphatic heterocycles. The third-order valence-electron chi connectivity index (χ3n) is 2.18. The summed E-state index contributed by atoms with van der Waals surface area (Å²) in [4.78, 5) is 14.9. The number of hydrogen-bond acceptors (Lipinski definition) is 4. The number of hydrogen-bond donors (Lipinski definition) is 2. The monoisotopic (exact) mass is 276 g/mol. The molecule has 0 amide bonds. The van der Waals surface area contributed by atoms with Crippen LogP contribution < -0.4 is 5.32 Å². The van der Waals surface area contributed by atoms with E-state index < -0.39 is 12.0 Å². The fourth-order valence-electron chi connectivity index (χ4n) is 1.29. The number of carbonyl (C=O) groups is 1. The second-order valence-corrected chi connectivity index (χ2v) is 4.40. The van der Waals surface area contributed by atoms with Gasteiger partial charge >= 0.3 is 5.97 Å². The minimum absolute atomic E-state index is 0. The van der Waals surface area contributed by atoms with Gasteiger partial charge in [0.15, 0.2) is 0 Å². The Hall–Kier alpha value is -0.780. The van der Waals surface area contributed by atoms with Crippen molar-refractivity contribution in [2.45, 2.75) is 19.0 Å². The number of thioether (sulfide) groups is 1. The van der Waals surface area contributed by atoms with Crippen LogP contribution in [0.1, 0.15) is 12.0 Å². The summed E-state index contributed by atoms with van der Waals surface area (Å²) in [5.41, 5.74) is 0.998. The van der Waals surface area contributed by atoms with E-state index in [1.807, 2.05) is 18.4 Å². The van der Waals surface area contributed by atoms with Crippen molar-refractivity contribution in [1.29, 1.82) is 0 Å². The van der Waals surface area contributed by atoms with Crippen molar-refractivity contribution in [2.24, 2.45) is 0 Å². The average molecular weight is 277 g/mol. The summed E-state index contributed by atoms with van der Waals surface area (Å²) < 4.78 is 0. The van der Waals surface area contributed by atoms with Gasteiger partial charge in [-0.1, -0.05) is 6.07 Å². The van der Waals surface area contributed by atoms with E-state index in [0.717, 1.165) is 11.3 Å². The summed E-state index contributed by atoms with van der Waals surface area (Å²) in [5.74, 6) is 0.0507. The van der Waals surface area contributed by atoms with Crippen LogP contribution in [0, 0.1) is 0 Å². The number of carboxylic acid groups (broad SMARTS) is 1. The van der Waals surface area contributed by atoms with Gasteiger partial charge in [0.25, 0.3) is 0 Å². The van der Waals surface area contributed by atoms with Crippen molar-refractivity contribution in [3.8, 4) is 0 Å². The van der Waals surface area contributed by atoms with Crippen LogP contribution in [0.2, 0.25) is 0 Å². The summed E-state index contributed by atoms with van der Waals surface area (Å²) >= 11 is 1.65. The average Bonchev–Trinajstić information content (AvgIpc) is 2.30. The minimum Gasteiger partial charge on any atom is -0.480 e. The Morgan fingerprint density at radius 1 is 1.65 bits per heavy atom. The van der Waals surface area contributed by atoms with E-state index in [0.29, 0.717) is 13.0 Å². The number of pyridine rings is 1. The molecule has 0 aromatic carbocycles. The Morgan fingerprint density at radius 3 is 2.94 bits per heavy atom. The number of halogens is 1. The first-order valence-corrected chi connectivity index (χ1v) is 6.47. The molecule has 0 aliphatic carbocycles. The normalized spacial score (nSPS) is 11.6. The van der Waals surface area contributed by atoms with Gasteiger partial charge in [0.1, 0.15) is 6.04 Å². The zero-order valence-corrected chi connectivity index (χ0v) is 11.3. The summed E-state index contributed by atoms with van der Waals surface area (Å²) in [6.07, 6.45) is 6.04. The topological polar surface area (TPSA) is 62.2 Å². The predicted molar refractivity (Wildman–Crippen MR) is 72.7 cm³/mol. The second-order valence-electron chi connectivity index (χ2n) is 3.41. The maximum Gasteiger partial charge on any atom is 0.320 e. The Bertz CT molecular complexity index is 325. The van der Waals surface area contributed by atoms with Crippen LogP contribution in [0.15, 0.2) is 24.5 Å². The fraction of sp³-hybridized carbons (Fsp3) is 0.455. The highest BCUT2D eigenvalue weighted by molar-refractivity contribution is 7.98. The maximum absolute atomic E-state index is 10.9. The van der Waals surface area contributed by atoms with Crippen LogP contribution in [0.3, 0.4) is 0 Å². The van der Waals surface area contributed by atoms with Crippen molar-refractivity contribution in [1.82, 2.24) is 10.3 Å². The lowest BCUT2D eigenvalue weighted by atomic mass is 10.2. The van der Waals surface area contributed by atoms with Crippen molar-refractivity contribution in [2.75, 3.05) is 12.0 Å². The van der Waals surface area contributed by atoms with Gasteiger partial charge < -0.3 is 10.4 Å². The molecule has 1 aromatic rings. The number of aliphatic carboxylic acids is 1. The van der Waals surface area contributed by atoms with Crippen LogP contribution in [-0.2, 0) is 11.3 Å². The molecule has 0 saturated heterocycles. The molecule has 0 saturated carbocycles. The third-order valence-corrected chi connectivity index (χ3v) is 2.83. The van der Waals surface area contributed by atoms with Crippen LogP contribution in [-0.4, -0.2) is 34.1 Å². The number of nitrogens with one attached hydrogen (secondary N) is 1. The molecule has 1 aromatic heterocycles. The zero-order valence-electron chi connectivity index (χ0n) is 9.63. The minimum atomic E-state index is -0.794. The lowest BCUT2D eigenvalue weighted by Gasteiger charge is -2.13. The number of aromatic nitrogens is 1. The van der Waals surface area contributed by atoms with E-state index in [2.05, 4.69) is 10.3 Å². The SMILES string of the molecule is CSCCC(NCc1cccnc1)C(=O)O.Cl. The Morgan fingerprint density at radius 2 is 2.41 bits per heavy atom. The largest absolute Gasteiger partial charge is 0.480 e. The molecule has 0 spiro atoms. The lowest BCUT2D eigenvalue weighted by Crippen LogP contribution is -2.36. The Balaban J connectivity index is 0.00000256. The first kappa shape index (κ1) is 16.2. The first-order valence-electron chi connectivity index (χ1n) is 5.08. The standard InChI is InChI=1S/C11H16N2O2S.ClH/c1-16-6-4-10(11(14)15)13-8-9-3-2-5-12-7-9;/h2-3,5,7,10,13H,4,6,8H2,1H3,(H,14,15);1H. The molecular formula is C11H17ClN2O2S. The molecule has 1 atom stereocenters. The lowest BCUT2D eigenvalue weighted by molar-refractivity contribution is -0.139. The summed E-state index contributed by atoms with van der Waals surface area (Å²) in [6.45, 7) is 0.541. The highest BCUT2D eigenvalue weighted by atomic mass is 35.5. The second kappa shape index (κ2) is 9.27. The van der Waals surface area contributed by atoms with Gasteiger partial charge in [-0.15, -0.1) is 12.4 Å². The maximum atomic E-state index is 10.9. The quantitative estimate of drug-likeness (QED) is 0.795. The molecule has 2 N–H and O–H groups in total. The molecule has 1 heterocycles. The number of rotatable bonds is 7. The molecule has 1 unspecified atom stereocenters. The van der Waals surface area contributed by atoms with Crippen LogP contribution in [0.4, 0.5) is 0 Å². The van der Waals surface area contributed by atoms with Crippen molar-refractivity contribution >= 4 is 30.1 Å². The fourth-order valence-corrected chi connectivity index (χ4v) is 1.76. The summed E-state index contributed by atoms with van der Waals surface area (Å²) in [5, 5.41) is 12.0. The highest BCUT2D eigenvalue weighted by Gasteiger charge is 2.15. The van der Waals surface area contributed by atoms with Crippen LogP contribution in [0.5, 0.6) is 0 Å². The van der Waals surface area contributed by atoms with E-state index in [4.69, 9.17) is 5.11 Å². The molecule has 6 heteroatoms. The van der Waals surface area contributed by atoms with Gasteiger partial charge in [0, 0.05) is 18.9 Å². The van der Waals surface area contributed by atoms with Crippen LogP contribution in [0.25, 0.3) is 0 Å². The van der Waals surface area contributed by atoms with Gasteiger partial charge in [0.2, 0.25) is 0 Å². The molecule has 0 aliphatic rings. The van der Waals surface area contributed by atoms with Gasteiger partial charge in [-0.25, -0.2) is 0 Å². The zero-order chi connectivity index (χ0) is 11.8. The smallest absolute Gasteiger partial charge is 0.320 e. The van der Waals surface area contributed by atoms with E-state index in [1.165, 1.54) is 0 Å². The molecule has 0 bridgehead atoms. The van der Waals surface area contributed by atoms with Gasteiger partial charge in [-0.2, -0.15) is 11.8 Å². The molecule has 17 heavy (non-hydrogen) atoms. The third kappa shape index (κ3) is 6.51. The molecule has 96 valence electrons. The van der Waals surface area contributed by atoms with Crippen molar-refractivity contribution in [3.05, 3.63) is 30.1 Å². The van der Waals surface area contributed by atoms with Crippen LogP contribution >= 0.6 is 24.2 Å². The van der Waals surface area contributed by atoms with E-state index in [1.54, 1.807) is 24.2 Å². The van der Waals surface area contributed by atoms with E-state index in [9.17, 15) is 4.79 Å². The summed E-state index contributed by atoms with van der Waals surface area (Å²) in [7, 11) is 0. The highest BCUT2D eigenvalue weighted by Crippen LogP contribution is 2.03. The Kier molecular flexibility index (Phi) is 8.85. The van der Waals surface area contributed by atoms with E-state index >= 15 is 0 Å². The van der Waals surface area contributed by atoms with Crippen molar-refractivity contribution < 1.29 is 9.90 Å². The molecule has 0 radical (unpaired) electrons. The first-order chi connectivity index (χ1) is 7.74. The Labute approximate surface area is 112 Å². The van der Waals surface area contributed by atoms with Gasteiger partial charge in [0.05, 0.1) is 0 Å². The summed E-state index contributed by atoms with van der Waals surface area (Å²) in [6, 6.07) is 3.29. The molecular weight excluding hydrogens is 260 g/mol. The molecule has 1 rings (SSSR count). The molecule has 0 fully saturated rings. The predicted octanol–water partition coefficient (Wildman–Crippen LogP) is 1.80. The van der Waals surface area contributed by atoms with E-state index in [-0.39, 0.29) is 12.4 Å².